The number of amides is 1. The zero-order chi connectivity index (χ0) is 20.1. The summed E-state index contributed by atoms with van der Waals surface area (Å²) in [4.78, 5) is 11.9. The monoisotopic (exact) mass is 524 g/mol. The van der Waals surface area contributed by atoms with Crippen molar-refractivity contribution in [2.75, 3.05) is 6.61 Å². The SMILES string of the molecule is Cc1cc(Br)c(OCC(=O)NN=Cc2ccc(-c3ccc(Cl)cc3)o2)c(Br)c1. The maximum atomic E-state index is 11.9. The van der Waals surface area contributed by atoms with Crippen LogP contribution in [0.2, 0.25) is 5.02 Å². The number of benzene rings is 2. The molecule has 1 aromatic heterocycles. The molecule has 0 aliphatic heterocycles. The van der Waals surface area contributed by atoms with E-state index in [0.717, 1.165) is 20.1 Å². The van der Waals surface area contributed by atoms with E-state index in [2.05, 4.69) is 42.4 Å². The van der Waals surface area contributed by atoms with Gasteiger partial charge in [0.05, 0.1) is 15.2 Å². The molecule has 0 radical (unpaired) electrons. The molecule has 8 heteroatoms. The van der Waals surface area contributed by atoms with Crippen LogP contribution in [0.5, 0.6) is 5.75 Å². The van der Waals surface area contributed by atoms with Crippen LogP contribution < -0.4 is 10.2 Å². The minimum atomic E-state index is -0.389. The van der Waals surface area contributed by atoms with Crippen molar-refractivity contribution in [1.82, 2.24) is 5.43 Å². The molecule has 0 aliphatic carbocycles. The molecule has 144 valence electrons. The summed E-state index contributed by atoms with van der Waals surface area (Å²) >= 11 is 12.7. The number of nitrogens with one attached hydrogen (secondary N) is 1. The van der Waals surface area contributed by atoms with E-state index < -0.39 is 0 Å². The molecule has 0 bridgehead atoms. The summed E-state index contributed by atoms with van der Waals surface area (Å²) in [6.45, 7) is 1.79. The topological polar surface area (TPSA) is 63.8 Å². The molecule has 28 heavy (non-hydrogen) atoms. The third-order valence-corrected chi connectivity index (χ3v) is 5.06. The highest BCUT2D eigenvalue weighted by Crippen LogP contribution is 2.34. The van der Waals surface area contributed by atoms with Crippen LogP contribution in [0.4, 0.5) is 0 Å². The van der Waals surface area contributed by atoms with Crippen molar-refractivity contribution in [3.63, 3.8) is 0 Å². The molecule has 0 saturated carbocycles. The van der Waals surface area contributed by atoms with E-state index in [1.54, 1.807) is 18.2 Å². The van der Waals surface area contributed by atoms with Crippen molar-refractivity contribution in [1.29, 1.82) is 0 Å². The van der Waals surface area contributed by atoms with Gasteiger partial charge in [-0.1, -0.05) is 11.6 Å². The van der Waals surface area contributed by atoms with Gasteiger partial charge >= 0.3 is 0 Å². The van der Waals surface area contributed by atoms with Crippen molar-refractivity contribution < 1.29 is 13.9 Å². The van der Waals surface area contributed by atoms with Gasteiger partial charge in [-0.15, -0.1) is 0 Å². The molecule has 5 nitrogen and oxygen atoms in total. The van der Waals surface area contributed by atoms with Gasteiger partial charge in [-0.3, -0.25) is 4.79 Å². The summed E-state index contributed by atoms with van der Waals surface area (Å²) in [6.07, 6.45) is 1.43. The Labute approximate surface area is 184 Å². The number of furan rings is 1. The molecule has 0 saturated heterocycles. The van der Waals surface area contributed by atoms with Gasteiger partial charge in [0.25, 0.3) is 5.91 Å². The van der Waals surface area contributed by atoms with Crippen molar-refractivity contribution in [3.8, 4) is 17.1 Å². The fraction of sp³-hybridized carbons (Fsp3) is 0.100. The fourth-order valence-electron chi connectivity index (χ4n) is 2.35. The standard InChI is InChI=1S/C20H15Br2ClN2O3/c1-12-8-16(21)20(17(22)9-12)27-11-19(26)25-24-10-15-6-7-18(28-15)13-2-4-14(23)5-3-13/h2-10H,11H2,1H3,(H,25,26). The number of rotatable bonds is 6. The van der Waals surface area contributed by atoms with E-state index in [1.807, 2.05) is 37.3 Å². The van der Waals surface area contributed by atoms with Crippen LogP contribution >= 0.6 is 43.5 Å². The first-order valence-corrected chi connectivity index (χ1v) is 10.1. The van der Waals surface area contributed by atoms with Crippen molar-refractivity contribution in [3.05, 3.63) is 73.8 Å². The summed E-state index contributed by atoms with van der Waals surface area (Å²) in [6, 6.07) is 14.7. The first-order valence-electron chi connectivity index (χ1n) is 8.18. The zero-order valence-electron chi connectivity index (χ0n) is 14.7. The Balaban J connectivity index is 1.54. The lowest BCUT2D eigenvalue weighted by molar-refractivity contribution is -0.123. The smallest absolute Gasteiger partial charge is 0.277 e. The van der Waals surface area contributed by atoms with Gasteiger partial charge in [0.1, 0.15) is 17.3 Å². The predicted molar refractivity (Wildman–Crippen MR) is 117 cm³/mol. The minimum absolute atomic E-state index is 0.175. The van der Waals surface area contributed by atoms with Crippen LogP contribution in [0.25, 0.3) is 11.3 Å². The molecule has 3 aromatic rings. The van der Waals surface area contributed by atoms with Crippen molar-refractivity contribution >= 4 is 55.6 Å². The lowest BCUT2D eigenvalue weighted by Gasteiger charge is -2.10. The molecule has 0 fully saturated rings. The van der Waals surface area contributed by atoms with Gasteiger partial charge in [-0.25, -0.2) is 5.43 Å². The zero-order valence-corrected chi connectivity index (χ0v) is 18.6. The second kappa shape index (κ2) is 9.41. The number of halogens is 3. The van der Waals surface area contributed by atoms with Crippen LogP contribution in [-0.4, -0.2) is 18.7 Å². The van der Waals surface area contributed by atoms with Crippen LogP contribution in [0.1, 0.15) is 11.3 Å². The third kappa shape index (κ3) is 5.47. The lowest BCUT2D eigenvalue weighted by Crippen LogP contribution is -2.24. The summed E-state index contributed by atoms with van der Waals surface area (Å²) in [7, 11) is 0. The van der Waals surface area contributed by atoms with Crippen LogP contribution in [0.3, 0.4) is 0 Å². The lowest BCUT2D eigenvalue weighted by atomic mass is 10.2. The quantitative estimate of drug-likeness (QED) is 0.318. The number of hydrogen-bond donors (Lipinski definition) is 1. The predicted octanol–water partition coefficient (Wildman–Crippen LogP) is 5.96. The molecule has 1 amide bonds. The highest BCUT2D eigenvalue weighted by atomic mass is 79.9. The number of aryl methyl sites for hydroxylation is 1. The highest BCUT2D eigenvalue weighted by molar-refractivity contribution is 9.11. The Kier molecular flexibility index (Phi) is 6.93. The van der Waals surface area contributed by atoms with Crippen molar-refractivity contribution in [2.24, 2.45) is 5.10 Å². The number of carbonyl (C=O) groups excluding carboxylic acids is 1. The molecule has 2 aromatic carbocycles. The Morgan fingerprint density at radius 3 is 2.54 bits per heavy atom. The highest BCUT2D eigenvalue weighted by Gasteiger charge is 2.10. The van der Waals surface area contributed by atoms with Crippen LogP contribution in [0.15, 0.2) is 67.0 Å². The third-order valence-electron chi connectivity index (χ3n) is 3.63. The first kappa shape index (κ1) is 20.6. The van der Waals surface area contributed by atoms with Gasteiger partial charge < -0.3 is 9.15 Å². The molecule has 0 atom stereocenters. The van der Waals surface area contributed by atoms with Crippen LogP contribution in [-0.2, 0) is 4.79 Å². The number of hydrazone groups is 1. The molecule has 0 spiro atoms. The van der Waals surface area contributed by atoms with E-state index in [0.29, 0.717) is 22.3 Å². The Hall–Kier alpha value is -2.09. The Bertz CT molecular complexity index is 994. The Morgan fingerprint density at radius 2 is 1.86 bits per heavy atom. The summed E-state index contributed by atoms with van der Waals surface area (Å²) in [5, 5.41) is 4.55. The van der Waals surface area contributed by atoms with E-state index in [9.17, 15) is 4.79 Å². The Morgan fingerprint density at radius 1 is 1.18 bits per heavy atom. The van der Waals surface area contributed by atoms with E-state index >= 15 is 0 Å². The number of ether oxygens (including phenoxy) is 1. The molecule has 1 N–H and O–H groups in total. The van der Waals surface area contributed by atoms with Gasteiger partial charge in [-0.2, -0.15) is 5.10 Å². The van der Waals surface area contributed by atoms with Gasteiger partial charge in [0.2, 0.25) is 0 Å². The van der Waals surface area contributed by atoms with E-state index in [-0.39, 0.29) is 12.5 Å². The molecular weight excluding hydrogens is 511 g/mol. The summed E-state index contributed by atoms with van der Waals surface area (Å²) in [5.74, 6) is 1.36. The van der Waals surface area contributed by atoms with Gasteiger partial charge in [0.15, 0.2) is 6.61 Å². The number of hydrogen-bond acceptors (Lipinski definition) is 4. The second-order valence-corrected chi connectivity index (χ2v) is 7.99. The van der Waals surface area contributed by atoms with Gasteiger partial charge in [0, 0.05) is 10.6 Å². The molecule has 0 aliphatic rings. The first-order chi connectivity index (χ1) is 13.4. The molecular formula is C20H15Br2ClN2O3. The van der Waals surface area contributed by atoms with E-state index in [1.165, 1.54) is 6.21 Å². The normalized spacial score (nSPS) is 11.0. The average molecular weight is 527 g/mol. The maximum absolute atomic E-state index is 11.9. The second-order valence-electron chi connectivity index (χ2n) is 5.85. The summed E-state index contributed by atoms with van der Waals surface area (Å²) in [5.41, 5.74) is 4.37. The number of carbonyl (C=O) groups is 1. The fourth-order valence-corrected chi connectivity index (χ4v) is 4.12. The maximum Gasteiger partial charge on any atom is 0.277 e. The largest absolute Gasteiger partial charge is 0.481 e. The summed E-state index contributed by atoms with van der Waals surface area (Å²) < 4.78 is 12.8. The molecule has 0 unspecified atom stereocenters. The molecule has 3 rings (SSSR count). The molecule has 1 heterocycles. The average Bonchev–Trinajstić information content (AvgIpc) is 3.10. The van der Waals surface area contributed by atoms with E-state index in [4.69, 9.17) is 20.8 Å². The van der Waals surface area contributed by atoms with Crippen molar-refractivity contribution in [2.45, 2.75) is 6.92 Å². The number of nitrogens with zero attached hydrogens (tertiary/aromatic N) is 1. The van der Waals surface area contributed by atoms with Crippen LogP contribution in [0, 0.1) is 6.92 Å². The van der Waals surface area contributed by atoms with Gasteiger partial charge in [-0.05, 0) is 92.9 Å². The minimum Gasteiger partial charge on any atom is -0.481 e.